The van der Waals surface area contributed by atoms with Gasteiger partial charge in [0.2, 0.25) is 0 Å². The average molecular weight is 551 g/mol. The molecule has 3 aromatic rings. The van der Waals surface area contributed by atoms with E-state index in [0.29, 0.717) is 54.8 Å². The van der Waals surface area contributed by atoms with Crippen LogP contribution in [0.25, 0.3) is 0 Å². The van der Waals surface area contributed by atoms with Gasteiger partial charge in [0.1, 0.15) is 5.75 Å². The summed E-state index contributed by atoms with van der Waals surface area (Å²) >= 11 is 12.0. The molecule has 1 fully saturated rings. The molecule has 0 spiro atoms. The quantitative estimate of drug-likeness (QED) is 0.377. The van der Waals surface area contributed by atoms with Crippen LogP contribution >= 0.6 is 23.8 Å². The molecular formula is C29H31ClN4O3S. The summed E-state index contributed by atoms with van der Waals surface area (Å²) in [7, 11) is 0. The van der Waals surface area contributed by atoms with Crippen LogP contribution in [0.5, 0.6) is 5.75 Å². The van der Waals surface area contributed by atoms with Gasteiger partial charge in [0, 0.05) is 43.0 Å². The summed E-state index contributed by atoms with van der Waals surface area (Å²) in [5.41, 5.74) is 3.73. The molecule has 9 heteroatoms. The minimum atomic E-state index is -0.328. The molecule has 0 aromatic heterocycles. The molecule has 1 aliphatic rings. The minimum Gasteiger partial charge on any atom is -0.494 e. The number of ether oxygens (including phenoxy) is 1. The van der Waals surface area contributed by atoms with E-state index in [4.69, 9.17) is 28.6 Å². The normalized spacial score (nSPS) is 13.1. The maximum absolute atomic E-state index is 12.9. The lowest BCUT2D eigenvalue weighted by atomic mass is 10.1. The van der Waals surface area contributed by atoms with Crippen LogP contribution in [0.1, 0.15) is 39.6 Å². The molecule has 0 unspecified atom stereocenters. The van der Waals surface area contributed by atoms with Crippen molar-refractivity contribution < 1.29 is 14.3 Å². The molecule has 4 rings (SSSR count). The number of nitrogens with one attached hydrogen (secondary N) is 2. The highest BCUT2D eigenvalue weighted by atomic mass is 35.5. The highest BCUT2D eigenvalue weighted by molar-refractivity contribution is 7.80. The van der Waals surface area contributed by atoms with Gasteiger partial charge >= 0.3 is 0 Å². The Morgan fingerprint density at radius 2 is 1.76 bits per heavy atom. The summed E-state index contributed by atoms with van der Waals surface area (Å²) in [6, 6.07) is 20.2. The van der Waals surface area contributed by atoms with E-state index in [0.717, 1.165) is 23.2 Å². The highest BCUT2D eigenvalue weighted by Crippen LogP contribution is 2.30. The van der Waals surface area contributed by atoms with Crippen molar-refractivity contribution in [2.75, 3.05) is 43.0 Å². The number of anilines is 2. The first-order valence-electron chi connectivity index (χ1n) is 12.6. The zero-order valence-electron chi connectivity index (χ0n) is 21.5. The Kier molecular flexibility index (Phi) is 9.20. The number of thiocarbonyl (C=S) groups is 1. The smallest absolute Gasteiger partial charge is 0.257 e. The van der Waals surface area contributed by atoms with Crippen molar-refractivity contribution in [3.63, 3.8) is 0 Å². The SMILES string of the molecule is CCCOc1cccc(C(=O)NC(=S)Nc2ccc(N3CCN(C(=O)c4ccccc4C)CC3)c(Cl)c2)c1. The van der Waals surface area contributed by atoms with E-state index >= 15 is 0 Å². The van der Waals surface area contributed by atoms with Gasteiger partial charge in [0.15, 0.2) is 5.11 Å². The van der Waals surface area contributed by atoms with Crippen molar-refractivity contribution in [1.82, 2.24) is 10.2 Å². The molecule has 3 aromatic carbocycles. The van der Waals surface area contributed by atoms with Crippen LogP contribution in [0.4, 0.5) is 11.4 Å². The van der Waals surface area contributed by atoms with E-state index in [1.807, 2.05) is 61.2 Å². The first kappa shape index (κ1) is 27.4. The summed E-state index contributed by atoms with van der Waals surface area (Å²) in [4.78, 5) is 29.6. The van der Waals surface area contributed by atoms with E-state index in [1.54, 1.807) is 24.3 Å². The summed E-state index contributed by atoms with van der Waals surface area (Å²) in [5.74, 6) is 0.371. The Balaban J connectivity index is 1.31. The minimum absolute atomic E-state index is 0.0594. The first-order chi connectivity index (χ1) is 18.4. The van der Waals surface area contributed by atoms with Crippen molar-refractivity contribution in [2.45, 2.75) is 20.3 Å². The van der Waals surface area contributed by atoms with Gasteiger partial charge in [-0.15, -0.1) is 0 Å². The molecule has 2 N–H and O–H groups in total. The zero-order chi connectivity index (χ0) is 27.1. The number of halogens is 1. The molecule has 0 saturated carbocycles. The summed E-state index contributed by atoms with van der Waals surface area (Å²) in [6.45, 7) is 7.16. The second-order valence-corrected chi connectivity index (χ2v) is 9.86. The third-order valence-electron chi connectivity index (χ3n) is 6.28. The fourth-order valence-electron chi connectivity index (χ4n) is 4.26. The fraction of sp³-hybridized carbons (Fsp3) is 0.276. The number of carbonyl (C=O) groups excluding carboxylic acids is 2. The van der Waals surface area contributed by atoms with Crippen molar-refractivity contribution >= 4 is 52.1 Å². The van der Waals surface area contributed by atoms with Gasteiger partial charge in [-0.25, -0.2) is 0 Å². The molecule has 1 aliphatic heterocycles. The molecule has 0 bridgehead atoms. The van der Waals surface area contributed by atoms with E-state index in [1.165, 1.54) is 0 Å². The monoisotopic (exact) mass is 550 g/mol. The van der Waals surface area contributed by atoms with Crippen molar-refractivity contribution in [1.29, 1.82) is 0 Å². The van der Waals surface area contributed by atoms with Gasteiger partial charge in [-0.2, -0.15) is 0 Å². The van der Waals surface area contributed by atoms with Crippen LogP contribution in [-0.4, -0.2) is 54.6 Å². The standard InChI is InChI=1S/C29H31ClN4O3S/c1-3-17-37-23-9-6-8-21(18-23)27(35)32-29(38)31-22-11-12-26(25(30)19-22)33-13-15-34(16-14-33)28(36)24-10-5-4-7-20(24)2/h4-12,18-19H,3,13-17H2,1-2H3,(H2,31,32,35,38). The second kappa shape index (κ2) is 12.8. The Labute approximate surface area is 233 Å². The maximum atomic E-state index is 12.9. The number of amides is 2. The third-order valence-corrected chi connectivity index (χ3v) is 6.79. The van der Waals surface area contributed by atoms with Gasteiger partial charge in [-0.3, -0.25) is 14.9 Å². The zero-order valence-corrected chi connectivity index (χ0v) is 23.1. The summed E-state index contributed by atoms with van der Waals surface area (Å²) < 4.78 is 5.60. The van der Waals surface area contributed by atoms with Crippen LogP contribution in [-0.2, 0) is 0 Å². The number of hydrogen-bond acceptors (Lipinski definition) is 5. The highest BCUT2D eigenvalue weighted by Gasteiger charge is 2.24. The lowest BCUT2D eigenvalue weighted by molar-refractivity contribution is 0.0746. The predicted octanol–water partition coefficient (Wildman–Crippen LogP) is 5.53. The van der Waals surface area contributed by atoms with Crippen molar-refractivity contribution in [3.8, 4) is 5.75 Å². The predicted molar refractivity (Wildman–Crippen MR) is 157 cm³/mol. The third kappa shape index (κ3) is 6.82. The summed E-state index contributed by atoms with van der Waals surface area (Å²) in [6.07, 6.45) is 0.885. The van der Waals surface area contributed by atoms with Gasteiger partial charge < -0.3 is 19.9 Å². The molecule has 7 nitrogen and oxygen atoms in total. The largest absolute Gasteiger partial charge is 0.494 e. The van der Waals surface area contributed by atoms with Gasteiger partial charge in [0.05, 0.1) is 17.3 Å². The van der Waals surface area contributed by atoms with E-state index in [9.17, 15) is 9.59 Å². The molecule has 1 saturated heterocycles. The lowest BCUT2D eigenvalue weighted by Crippen LogP contribution is -2.49. The number of carbonyl (C=O) groups is 2. The Hall–Kier alpha value is -3.62. The Morgan fingerprint density at radius 1 is 1.00 bits per heavy atom. The number of hydrogen-bond donors (Lipinski definition) is 2. The van der Waals surface area contributed by atoms with E-state index < -0.39 is 0 Å². The topological polar surface area (TPSA) is 73.9 Å². The van der Waals surface area contributed by atoms with Crippen LogP contribution in [0.3, 0.4) is 0 Å². The lowest BCUT2D eigenvalue weighted by Gasteiger charge is -2.36. The number of nitrogens with zero attached hydrogens (tertiary/aromatic N) is 2. The number of rotatable bonds is 7. The molecule has 1 heterocycles. The van der Waals surface area contributed by atoms with Gasteiger partial charge in [0.25, 0.3) is 11.8 Å². The molecule has 2 amide bonds. The fourth-order valence-corrected chi connectivity index (χ4v) is 4.77. The summed E-state index contributed by atoms with van der Waals surface area (Å²) in [5, 5.41) is 6.44. The van der Waals surface area contributed by atoms with Crippen LogP contribution in [0.2, 0.25) is 5.02 Å². The molecule has 38 heavy (non-hydrogen) atoms. The van der Waals surface area contributed by atoms with Gasteiger partial charge in [-0.05, 0) is 73.6 Å². The van der Waals surface area contributed by atoms with E-state index in [2.05, 4.69) is 15.5 Å². The molecule has 0 aliphatic carbocycles. The number of aryl methyl sites for hydroxylation is 1. The van der Waals surface area contributed by atoms with Crippen LogP contribution in [0.15, 0.2) is 66.7 Å². The number of piperazine rings is 1. The first-order valence-corrected chi connectivity index (χ1v) is 13.4. The molecule has 0 atom stereocenters. The molecular weight excluding hydrogens is 520 g/mol. The van der Waals surface area contributed by atoms with Crippen molar-refractivity contribution in [3.05, 3.63) is 88.4 Å². The van der Waals surface area contributed by atoms with Crippen LogP contribution < -0.4 is 20.3 Å². The molecule has 0 radical (unpaired) electrons. The van der Waals surface area contributed by atoms with Gasteiger partial charge in [-0.1, -0.05) is 42.8 Å². The Morgan fingerprint density at radius 3 is 2.47 bits per heavy atom. The van der Waals surface area contributed by atoms with E-state index in [-0.39, 0.29) is 16.9 Å². The second-order valence-electron chi connectivity index (χ2n) is 9.04. The molecule has 198 valence electrons. The van der Waals surface area contributed by atoms with Crippen LogP contribution in [0, 0.1) is 6.92 Å². The maximum Gasteiger partial charge on any atom is 0.257 e. The average Bonchev–Trinajstić information content (AvgIpc) is 2.92. The van der Waals surface area contributed by atoms with Crippen molar-refractivity contribution in [2.24, 2.45) is 0 Å². The Bertz CT molecular complexity index is 1320. The number of benzene rings is 3.